The number of rotatable bonds is 4. The molecule has 0 aromatic rings. The summed E-state index contributed by atoms with van der Waals surface area (Å²) >= 11 is 0. The quantitative estimate of drug-likeness (QED) is 0.811. The second kappa shape index (κ2) is 7.38. The van der Waals surface area contributed by atoms with Gasteiger partial charge in [0, 0.05) is 18.1 Å². The van der Waals surface area contributed by atoms with Crippen LogP contribution in [0.15, 0.2) is 0 Å². The van der Waals surface area contributed by atoms with Gasteiger partial charge in [0.1, 0.15) is 0 Å². The van der Waals surface area contributed by atoms with E-state index in [1.165, 1.54) is 38.8 Å². The molecule has 1 N–H and O–H groups in total. The molecule has 1 aliphatic heterocycles. The SMILES string of the molecule is CCC(CC)C(C)N1CCC(C)NC(C)CC1. The summed E-state index contributed by atoms with van der Waals surface area (Å²) in [4.78, 5) is 2.73. The Hall–Kier alpha value is -0.0800. The van der Waals surface area contributed by atoms with Crippen LogP contribution in [0.4, 0.5) is 0 Å². The first-order chi connectivity index (χ1) is 8.08. The molecule has 0 saturated carbocycles. The Morgan fingerprint density at radius 2 is 1.53 bits per heavy atom. The molecule has 1 rings (SSSR count). The maximum absolute atomic E-state index is 3.67. The van der Waals surface area contributed by atoms with E-state index >= 15 is 0 Å². The van der Waals surface area contributed by atoms with E-state index in [0.29, 0.717) is 12.1 Å². The molecule has 0 amide bonds. The van der Waals surface area contributed by atoms with Gasteiger partial charge in [-0.15, -0.1) is 0 Å². The van der Waals surface area contributed by atoms with Gasteiger partial charge in [0.15, 0.2) is 0 Å². The molecule has 1 heterocycles. The average molecular weight is 240 g/mol. The van der Waals surface area contributed by atoms with Gasteiger partial charge in [0.05, 0.1) is 0 Å². The normalized spacial score (nSPS) is 30.0. The van der Waals surface area contributed by atoms with Gasteiger partial charge in [-0.05, 0) is 52.6 Å². The molecule has 0 radical (unpaired) electrons. The van der Waals surface area contributed by atoms with Gasteiger partial charge in [-0.1, -0.05) is 26.7 Å². The zero-order valence-electron chi connectivity index (χ0n) is 12.5. The highest BCUT2D eigenvalue weighted by Gasteiger charge is 2.23. The van der Waals surface area contributed by atoms with Crippen molar-refractivity contribution in [3.05, 3.63) is 0 Å². The van der Waals surface area contributed by atoms with Gasteiger partial charge in [0.2, 0.25) is 0 Å². The van der Waals surface area contributed by atoms with Crippen LogP contribution in [0, 0.1) is 5.92 Å². The summed E-state index contributed by atoms with van der Waals surface area (Å²) in [5.41, 5.74) is 0. The van der Waals surface area contributed by atoms with E-state index in [4.69, 9.17) is 0 Å². The Labute approximate surface area is 108 Å². The summed E-state index contributed by atoms with van der Waals surface area (Å²) in [7, 11) is 0. The van der Waals surface area contributed by atoms with Crippen LogP contribution >= 0.6 is 0 Å². The smallest absolute Gasteiger partial charge is 0.00950 e. The number of hydrogen-bond donors (Lipinski definition) is 1. The van der Waals surface area contributed by atoms with Crippen LogP contribution in [-0.2, 0) is 0 Å². The monoisotopic (exact) mass is 240 g/mol. The molecule has 0 bridgehead atoms. The largest absolute Gasteiger partial charge is 0.312 e. The first-order valence-corrected chi connectivity index (χ1v) is 7.58. The van der Waals surface area contributed by atoms with Crippen LogP contribution in [0.3, 0.4) is 0 Å². The topological polar surface area (TPSA) is 15.3 Å². The van der Waals surface area contributed by atoms with E-state index in [1.807, 2.05) is 0 Å². The zero-order chi connectivity index (χ0) is 12.8. The maximum Gasteiger partial charge on any atom is 0.00950 e. The van der Waals surface area contributed by atoms with E-state index in [0.717, 1.165) is 12.0 Å². The minimum absolute atomic E-state index is 0.668. The van der Waals surface area contributed by atoms with Crippen molar-refractivity contribution in [3.8, 4) is 0 Å². The standard InChI is InChI=1S/C15H32N2/c1-6-15(7-2)14(5)17-10-8-12(3)16-13(4)9-11-17/h12-16H,6-11H2,1-5H3. The van der Waals surface area contributed by atoms with Crippen molar-refractivity contribution in [2.45, 2.75) is 78.4 Å². The van der Waals surface area contributed by atoms with Crippen molar-refractivity contribution >= 4 is 0 Å². The number of nitrogens with one attached hydrogen (secondary N) is 1. The van der Waals surface area contributed by atoms with Crippen molar-refractivity contribution < 1.29 is 0 Å². The van der Waals surface area contributed by atoms with E-state index in [-0.39, 0.29) is 0 Å². The highest BCUT2D eigenvalue weighted by atomic mass is 15.2. The molecular weight excluding hydrogens is 208 g/mol. The van der Waals surface area contributed by atoms with Crippen molar-refractivity contribution in [1.29, 1.82) is 0 Å². The zero-order valence-corrected chi connectivity index (χ0v) is 12.5. The van der Waals surface area contributed by atoms with Crippen molar-refractivity contribution in [3.63, 3.8) is 0 Å². The van der Waals surface area contributed by atoms with Crippen molar-refractivity contribution in [2.24, 2.45) is 5.92 Å². The fraction of sp³-hybridized carbons (Fsp3) is 1.00. The Morgan fingerprint density at radius 3 is 1.94 bits per heavy atom. The molecule has 0 aliphatic carbocycles. The Kier molecular flexibility index (Phi) is 6.50. The fourth-order valence-corrected chi connectivity index (χ4v) is 3.16. The lowest BCUT2D eigenvalue weighted by Crippen LogP contribution is -2.47. The predicted molar refractivity (Wildman–Crippen MR) is 76.4 cm³/mol. The summed E-state index contributed by atoms with van der Waals surface area (Å²) < 4.78 is 0. The van der Waals surface area contributed by atoms with Gasteiger partial charge in [0.25, 0.3) is 0 Å². The lowest BCUT2D eigenvalue weighted by Gasteiger charge is -2.37. The second-order valence-corrected chi connectivity index (χ2v) is 5.90. The summed E-state index contributed by atoms with van der Waals surface area (Å²) in [5.74, 6) is 0.869. The third kappa shape index (κ3) is 4.59. The third-order valence-electron chi connectivity index (χ3n) is 4.57. The van der Waals surface area contributed by atoms with Crippen LogP contribution in [-0.4, -0.2) is 36.1 Å². The van der Waals surface area contributed by atoms with Crippen LogP contribution < -0.4 is 5.32 Å². The van der Waals surface area contributed by atoms with Crippen molar-refractivity contribution in [2.75, 3.05) is 13.1 Å². The Balaban J connectivity index is 2.55. The molecule has 1 saturated heterocycles. The molecule has 0 aromatic heterocycles. The molecule has 2 nitrogen and oxygen atoms in total. The summed E-state index contributed by atoms with van der Waals surface area (Å²) in [5, 5.41) is 3.67. The van der Waals surface area contributed by atoms with Gasteiger partial charge in [-0.2, -0.15) is 0 Å². The van der Waals surface area contributed by atoms with Gasteiger partial charge in [-0.3, -0.25) is 0 Å². The molecule has 17 heavy (non-hydrogen) atoms. The van der Waals surface area contributed by atoms with Crippen LogP contribution in [0.2, 0.25) is 0 Å². The first-order valence-electron chi connectivity index (χ1n) is 7.58. The third-order valence-corrected chi connectivity index (χ3v) is 4.57. The Bertz CT molecular complexity index is 189. The summed E-state index contributed by atoms with van der Waals surface area (Å²) in [6.45, 7) is 14.3. The Morgan fingerprint density at radius 1 is 1.06 bits per heavy atom. The highest BCUT2D eigenvalue weighted by molar-refractivity contribution is 4.80. The van der Waals surface area contributed by atoms with Crippen LogP contribution in [0.25, 0.3) is 0 Å². The highest BCUT2D eigenvalue weighted by Crippen LogP contribution is 2.20. The number of hydrogen-bond acceptors (Lipinski definition) is 2. The lowest BCUT2D eigenvalue weighted by molar-refractivity contribution is 0.125. The van der Waals surface area contributed by atoms with Gasteiger partial charge >= 0.3 is 0 Å². The average Bonchev–Trinajstić information content (AvgIpc) is 2.28. The van der Waals surface area contributed by atoms with Gasteiger partial charge < -0.3 is 10.2 Å². The molecule has 102 valence electrons. The second-order valence-electron chi connectivity index (χ2n) is 5.90. The minimum atomic E-state index is 0.668. The summed E-state index contributed by atoms with van der Waals surface area (Å²) in [6.07, 6.45) is 5.21. The molecule has 2 heteroatoms. The molecule has 3 unspecified atom stereocenters. The first kappa shape index (κ1) is 15.0. The molecule has 0 spiro atoms. The molecule has 1 aliphatic rings. The lowest BCUT2D eigenvalue weighted by atomic mass is 9.93. The molecule has 0 aromatic carbocycles. The molecule has 1 fully saturated rings. The molecular formula is C15H32N2. The number of nitrogens with zero attached hydrogens (tertiary/aromatic N) is 1. The van der Waals surface area contributed by atoms with E-state index in [9.17, 15) is 0 Å². The molecule has 3 atom stereocenters. The predicted octanol–water partition coefficient (Wildman–Crippen LogP) is 3.27. The van der Waals surface area contributed by atoms with Crippen molar-refractivity contribution in [1.82, 2.24) is 10.2 Å². The van der Waals surface area contributed by atoms with E-state index in [1.54, 1.807) is 0 Å². The maximum atomic E-state index is 3.67. The van der Waals surface area contributed by atoms with E-state index < -0.39 is 0 Å². The van der Waals surface area contributed by atoms with Crippen LogP contribution in [0.1, 0.15) is 60.3 Å². The van der Waals surface area contributed by atoms with Gasteiger partial charge in [-0.25, -0.2) is 0 Å². The summed E-state index contributed by atoms with van der Waals surface area (Å²) in [6, 6.07) is 2.09. The van der Waals surface area contributed by atoms with E-state index in [2.05, 4.69) is 44.8 Å². The minimum Gasteiger partial charge on any atom is -0.312 e. The van der Waals surface area contributed by atoms with Crippen LogP contribution in [0.5, 0.6) is 0 Å². The fourth-order valence-electron chi connectivity index (χ4n) is 3.16.